The SMILES string of the molecule is c1ccc(Cn2c3ccccc3c3nnc(SCc4ccc5nonc5c4)nc32)cc1. The average Bonchev–Trinajstić information content (AvgIpc) is 3.41. The van der Waals surface area contributed by atoms with Crippen LogP contribution in [0.5, 0.6) is 0 Å². The molecule has 0 N–H and O–H groups in total. The van der Waals surface area contributed by atoms with Crippen LogP contribution >= 0.6 is 11.8 Å². The van der Waals surface area contributed by atoms with Crippen molar-refractivity contribution in [3.8, 4) is 0 Å². The van der Waals surface area contributed by atoms with Gasteiger partial charge in [0.1, 0.15) is 16.6 Å². The van der Waals surface area contributed by atoms with Crippen molar-refractivity contribution in [2.45, 2.75) is 17.5 Å². The van der Waals surface area contributed by atoms with Gasteiger partial charge < -0.3 is 4.57 Å². The molecule has 0 unspecified atom stereocenters. The van der Waals surface area contributed by atoms with Crippen LogP contribution in [-0.4, -0.2) is 30.1 Å². The average molecular weight is 424 g/mol. The lowest BCUT2D eigenvalue weighted by atomic mass is 10.2. The summed E-state index contributed by atoms with van der Waals surface area (Å²) in [6, 6.07) is 24.5. The van der Waals surface area contributed by atoms with Crippen molar-refractivity contribution >= 4 is 44.9 Å². The van der Waals surface area contributed by atoms with Crippen LogP contribution in [0.25, 0.3) is 33.1 Å². The summed E-state index contributed by atoms with van der Waals surface area (Å²) in [4.78, 5) is 4.88. The molecule has 31 heavy (non-hydrogen) atoms. The fourth-order valence-corrected chi connectivity index (χ4v) is 4.47. The van der Waals surface area contributed by atoms with E-state index in [0.717, 1.165) is 45.2 Å². The zero-order chi connectivity index (χ0) is 20.6. The summed E-state index contributed by atoms with van der Waals surface area (Å²) >= 11 is 1.55. The van der Waals surface area contributed by atoms with Gasteiger partial charge in [-0.1, -0.05) is 66.4 Å². The molecule has 0 amide bonds. The molecule has 3 heterocycles. The molecule has 0 radical (unpaired) electrons. The maximum atomic E-state index is 4.88. The number of hydrogen-bond acceptors (Lipinski definition) is 7. The van der Waals surface area contributed by atoms with Crippen molar-refractivity contribution in [2.24, 2.45) is 0 Å². The van der Waals surface area contributed by atoms with E-state index in [1.807, 2.05) is 36.4 Å². The first-order valence-electron chi connectivity index (χ1n) is 9.85. The first-order chi connectivity index (χ1) is 15.3. The van der Waals surface area contributed by atoms with Gasteiger partial charge in [-0.2, -0.15) is 0 Å². The lowest BCUT2D eigenvalue weighted by molar-refractivity contribution is 0.315. The minimum absolute atomic E-state index is 0.642. The molecular weight excluding hydrogens is 408 g/mol. The summed E-state index contributed by atoms with van der Waals surface area (Å²) in [6.45, 7) is 0.726. The predicted octanol–water partition coefficient (Wildman–Crippen LogP) is 4.86. The first-order valence-corrected chi connectivity index (χ1v) is 10.8. The molecule has 0 fully saturated rings. The largest absolute Gasteiger partial charge is 0.319 e. The molecule has 3 aromatic carbocycles. The second-order valence-corrected chi connectivity index (χ2v) is 8.17. The second kappa shape index (κ2) is 7.48. The van der Waals surface area contributed by atoms with Crippen LogP contribution < -0.4 is 0 Å². The van der Waals surface area contributed by atoms with Crippen LogP contribution in [0.1, 0.15) is 11.1 Å². The third kappa shape index (κ3) is 3.30. The van der Waals surface area contributed by atoms with Crippen molar-refractivity contribution in [1.29, 1.82) is 0 Å². The molecule has 0 spiro atoms. The van der Waals surface area contributed by atoms with Crippen molar-refractivity contribution in [1.82, 2.24) is 30.1 Å². The van der Waals surface area contributed by atoms with Crippen LogP contribution in [0.15, 0.2) is 82.6 Å². The molecule has 6 aromatic rings. The molecule has 0 aliphatic carbocycles. The normalized spacial score (nSPS) is 11.6. The third-order valence-corrected chi connectivity index (χ3v) is 6.13. The molecule has 0 atom stereocenters. The fourth-order valence-electron chi connectivity index (χ4n) is 3.74. The lowest BCUT2D eigenvalue weighted by Gasteiger charge is -2.07. The third-order valence-electron chi connectivity index (χ3n) is 5.22. The van der Waals surface area contributed by atoms with Gasteiger partial charge in [0.15, 0.2) is 5.65 Å². The molecular formula is C23H16N6OS. The molecule has 0 saturated heterocycles. The van der Waals surface area contributed by atoms with Crippen molar-refractivity contribution in [2.75, 3.05) is 0 Å². The zero-order valence-corrected chi connectivity index (χ0v) is 17.2. The highest BCUT2D eigenvalue weighted by Crippen LogP contribution is 2.29. The monoisotopic (exact) mass is 424 g/mol. The van der Waals surface area contributed by atoms with Gasteiger partial charge in [-0.25, -0.2) is 9.61 Å². The quantitative estimate of drug-likeness (QED) is 0.366. The summed E-state index contributed by atoms with van der Waals surface area (Å²) in [5.41, 5.74) is 6.59. The van der Waals surface area contributed by atoms with Gasteiger partial charge in [0.2, 0.25) is 5.16 Å². The number of benzene rings is 3. The molecule has 0 bridgehead atoms. The Morgan fingerprint density at radius 2 is 1.65 bits per heavy atom. The molecule has 8 heteroatoms. The van der Waals surface area contributed by atoms with Gasteiger partial charge in [-0.05, 0) is 39.6 Å². The number of rotatable bonds is 5. The Bertz CT molecular complexity index is 1530. The predicted molar refractivity (Wildman–Crippen MR) is 120 cm³/mol. The van der Waals surface area contributed by atoms with Crippen molar-refractivity contribution < 1.29 is 4.63 Å². The number of thioether (sulfide) groups is 1. The maximum Gasteiger partial charge on any atom is 0.211 e. The molecule has 0 saturated carbocycles. The molecule has 7 nitrogen and oxygen atoms in total. The second-order valence-electron chi connectivity index (χ2n) is 7.23. The Labute approximate surface area is 181 Å². The Morgan fingerprint density at radius 3 is 2.58 bits per heavy atom. The highest BCUT2D eigenvalue weighted by atomic mass is 32.2. The highest BCUT2D eigenvalue weighted by molar-refractivity contribution is 7.98. The first kappa shape index (κ1) is 18.0. The van der Waals surface area contributed by atoms with Gasteiger partial charge in [0.25, 0.3) is 0 Å². The summed E-state index contributed by atoms with van der Waals surface area (Å²) in [6.07, 6.45) is 0. The van der Waals surface area contributed by atoms with E-state index >= 15 is 0 Å². The Morgan fingerprint density at radius 1 is 0.806 bits per heavy atom. The van der Waals surface area contributed by atoms with Gasteiger partial charge in [0, 0.05) is 17.7 Å². The Kier molecular flexibility index (Phi) is 4.35. The lowest BCUT2D eigenvalue weighted by Crippen LogP contribution is -2.02. The number of hydrogen-bond donors (Lipinski definition) is 0. The van der Waals surface area contributed by atoms with Gasteiger partial charge in [0.05, 0.1) is 5.52 Å². The number of aromatic nitrogens is 6. The van der Waals surface area contributed by atoms with E-state index < -0.39 is 0 Å². The van der Waals surface area contributed by atoms with Gasteiger partial charge in [-0.15, -0.1) is 10.2 Å². The zero-order valence-electron chi connectivity index (χ0n) is 16.3. The van der Waals surface area contributed by atoms with E-state index in [4.69, 9.17) is 9.61 Å². The standard InChI is InChI=1S/C23H16N6OS/c1-2-6-15(7-3-1)13-29-20-9-5-4-8-17(20)21-22(29)24-23(26-25-21)31-14-16-10-11-18-19(12-16)28-30-27-18/h1-12H,13-14H2. The van der Waals surface area contributed by atoms with E-state index in [0.29, 0.717) is 10.9 Å². The van der Waals surface area contributed by atoms with Gasteiger partial charge >= 0.3 is 0 Å². The van der Waals surface area contributed by atoms with Crippen LogP contribution in [-0.2, 0) is 12.3 Å². The molecule has 150 valence electrons. The molecule has 0 aliphatic rings. The molecule has 0 aliphatic heterocycles. The maximum absolute atomic E-state index is 4.88. The van der Waals surface area contributed by atoms with Crippen LogP contribution in [0.2, 0.25) is 0 Å². The Balaban J connectivity index is 1.37. The van der Waals surface area contributed by atoms with E-state index in [1.165, 1.54) is 5.56 Å². The van der Waals surface area contributed by atoms with Crippen LogP contribution in [0.4, 0.5) is 0 Å². The van der Waals surface area contributed by atoms with E-state index in [9.17, 15) is 0 Å². The van der Waals surface area contributed by atoms with Crippen LogP contribution in [0, 0.1) is 0 Å². The number of fused-ring (bicyclic) bond motifs is 4. The Hall–Kier alpha value is -3.78. The van der Waals surface area contributed by atoms with Gasteiger partial charge in [-0.3, -0.25) is 0 Å². The van der Waals surface area contributed by atoms with Crippen LogP contribution in [0.3, 0.4) is 0 Å². The minimum Gasteiger partial charge on any atom is -0.319 e. The number of para-hydroxylation sites is 1. The highest BCUT2D eigenvalue weighted by Gasteiger charge is 2.15. The molecule has 6 rings (SSSR count). The smallest absolute Gasteiger partial charge is 0.211 e. The summed E-state index contributed by atoms with van der Waals surface area (Å²) < 4.78 is 6.99. The minimum atomic E-state index is 0.642. The fraction of sp³-hybridized carbons (Fsp3) is 0.0870. The van der Waals surface area contributed by atoms with E-state index in [1.54, 1.807) is 11.8 Å². The summed E-state index contributed by atoms with van der Waals surface area (Å²) in [7, 11) is 0. The van der Waals surface area contributed by atoms with Crippen molar-refractivity contribution in [3.63, 3.8) is 0 Å². The van der Waals surface area contributed by atoms with E-state index in [2.05, 4.69) is 61.5 Å². The van der Waals surface area contributed by atoms with E-state index in [-0.39, 0.29) is 0 Å². The number of nitrogens with zero attached hydrogens (tertiary/aromatic N) is 6. The molecule has 3 aromatic heterocycles. The summed E-state index contributed by atoms with van der Waals surface area (Å²) in [5.74, 6) is 0.703. The topological polar surface area (TPSA) is 82.5 Å². The summed E-state index contributed by atoms with van der Waals surface area (Å²) in [5, 5.41) is 18.4. The van der Waals surface area contributed by atoms with Crippen molar-refractivity contribution in [3.05, 3.63) is 83.9 Å².